The van der Waals surface area contributed by atoms with E-state index in [4.69, 9.17) is 9.47 Å². The molecule has 0 spiro atoms. The van der Waals surface area contributed by atoms with Crippen molar-refractivity contribution >= 4 is 15.9 Å². The van der Waals surface area contributed by atoms with Crippen LogP contribution in [-0.2, 0) is 0 Å². The molecule has 1 aromatic rings. The minimum absolute atomic E-state index is 0.306. The minimum atomic E-state index is 0.306. The second-order valence-corrected chi connectivity index (χ2v) is 5.86. The fourth-order valence-corrected chi connectivity index (χ4v) is 3.28. The number of nitrogens with zero attached hydrogens (tertiary/aromatic N) is 1. The standard InChI is InChI=1S/C16H23BrN2O2/c1-4-5-13(19-8-6-18-7-9-19)12-10-14(20-2)16(17)15(11-12)21-3/h4,10-11,13,18H,1,5-9H2,2-3H3/t13-/m1/s1. The van der Waals surface area contributed by atoms with Crippen molar-refractivity contribution in [3.8, 4) is 11.5 Å². The number of nitrogens with one attached hydrogen (secondary N) is 1. The summed E-state index contributed by atoms with van der Waals surface area (Å²) >= 11 is 3.53. The Morgan fingerprint density at radius 3 is 2.33 bits per heavy atom. The first-order valence-electron chi connectivity index (χ1n) is 7.18. The molecule has 1 fully saturated rings. The van der Waals surface area contributed by atoms with Crippen molar-refractivity contribution in [3.05, 3.63) is 34.8 Å². The Kier molecular flexibility index (Phi) is 6.08. The molecule has 0 aromatic heterocycles. The lowest BCUT2D eigenvalue weighted by atomic mass is 10.0. The van der Waals surface area contributed by atoms with E-state index in [1.54, 1.807) is 14.2 Å². The van der Waals surface area contributed by atoms with Crippen LogP contribution in [0.2, 0.25) is 0 Å². The van der Waals surface area contributed by atoms with Crippen LogP contribution in [-0.4, -0.2) is 45.3 Å². The molecule has 1 atom stereocenters. The molecule has 1 aliphatic heterocycles. The molecule has 1 N–H and O–H groups in total. The van der Waals surface area contributed by atoms with Crippen molar-refractivity contribution in [1.29, 1.82) is 0 Å². The van der Waals surface area contributed by atoms with Gasteiger partial charge in [-0.25, -0.2) is 0 Å². The first-order chi connectivity index (χ1) is 10.2. The highest BCUT2D eigenvalue weighted by molar-refractivity contribution is 9.10. The van der Waals surface area contributed by atoms with Crippen LogP contribution in [0.3, 0.4) is 0 Å². The average Bonchev–Trinajstić information content (AvgIpc) is 2.54. The highest BCUT2D eigenvalue weighted by atomic mass is 79.9. The fraction of sp³-hybridized carbons (Fsp3) is 0.500. The maximum Gasteiger partial charge on any atom is 0.137 e. The van der Waals surface area contributed by atoms with Crippen LogP contribution in [0.1, 0.15) is 18.0 Å². The molecule has 4 nitrogen and oxygen atoms in total. The predicted octanol–water partition coefficient (Wildman–Crippen LogP) is 2.99. The van der Waals surface area contributed by atoms with Gasteiger partial charge in [0.15, 0.2) is 0 Å². The molecule has 0 amide bonds. The van der Waals surface area contributed by atoms with Crippen molar-refractivity contribution in [2.45, 2.75) is 12.5 Å². The lowest BCUT2D eigenvalue weighted by molar-refractivity contribution is 0.174. The highest BCUT2D eigenvalue weighted by Crippen LogP contribution is 2.39. The maximum absolute atomic E-state index is 5.46. The van der Waals surface area contributed by atoms with Gasteiger partial charge in [0.05, 0.1) is 14.2 Å². The summed E-state index contributed by atoms with van der Waals surface area (Å²) in [4.78, 5) is 2.49. The summed E-state index contributed by atoms with van der Waals surface area (Å²) in [6.07, 6.45) is 2.89. The van der Waals surface area contributed by atoms with E-state index in [9.17, 15) is 0 Å². The van der Waals surface area contributed by atoms with E-state index in [1.807, 2.05) is 6.08 Å². The summed E-state index contributed by atoms with van der Waals surface area (Å²) in [5.74, 6) is 1.60. The molecule has 1 aliphatic rings. The Hall–Kier alpha value is -1.04. The van der Waals surface area contributed by atoms with Crippen molar-refractivity contribution in [1.82, 2.24) is 10.2 Å². The monoisotopic (exact) mass is 354 g/mol. The van der Waals surface area contributed by atoms with Gasteiger partial charge in [0.25, 0.3) is 0 Å². The fourth-order valence-electron chi connectivity index (χ4n) is 2.73. The van der Waals surface area contributed by atoms with Crippen molar-refractivity contribution in [3.63, 3.8) is 0 Å². The second kappa shape index (κ2) is 7.82. The zero-order chi connectivity index (χ0) is 15.2. The summed E-state index contributed by atoms with van der Waals surface area (Å²) in [7, 11) is 3.35. The first-order valence-corrected chi connectivity index (χ1v) is 7.97. The normalized spacial score (nSPS) is 17.3. The van der Waals surface area contributed by atoms with Gasteiger partial charge in [0.2, 0.25) is 0 Å². The number of rotatable bonds is 6. The van der Waals surface area contributed by atoms with Gasteiger partial charge < -0.3 is 14.8 Å². The second-order valence-electron chi connectivity index (χ2n) is 5.07. The SMILES string of the molecule is C=CC[C@H](c1cc(OC)c(Br)c(OC)c1)N1CCNCC1. The van der Waals surface area contributed by atoms with E-state index in [-0.39, 0.29) is 0 Å². The number of hydrogen-bond donors (Lipinski definition) is 1. The molecule has 0 bridgehead atoms. The third-order valence-corrected chi connectivity index (χ3v) is 4.62. The Balaban J connectivity index is 2.36. The molecular formula is C16H23BrN2O2. The molecule has 116 valence electrons. The smallest absolute Gasteiger partial charge is 0.137 e. The predicted molar refractivity (Wildman–Crippen MR) is 89.2 cm³/mol. The number of piperazine rings is 1. The van der Waals surface area contributed by atoms with E-state index in [2.05, 4.69) is 44.9 Å². The van der Waals surface area contributed by atoms with Crippen LogP contribution in [0, 0.1) is 0 Å². The topological polar surface area (TPSA) is 33.7 Å². The van der Waals surface area contributed by atoms with Crippen LogP contribution in [0.4, 0.5) is 0 Å². The minimum Gasteiger partial charge on any atom is -0.495 e. The van der Waals surface area contributed by atoms with Crippen molar-refractivity contribution in [2.24, 2.45) is 0 Å². The number of ether oxygens (including phenoxy) is 2. The molecule has 1 heterocycles. The van der Waals surface area contributed by atoms with Crippen LogP contribution < -0.4 is 14.8 Å². The quantitative estimate of drug-likeness (QED) is 0.796. The van der Waals surface area contributed by atoms with Crippen LogP contribution in [0.15, 0.2) is 29.3 Å². The molecule has 0 unspecified atom stereocenters. The Bertz CT molecular complexity index is 462. The third-order valence-electron chi connectivity index (χ3n) is 3.84. The van der Waals surface area contributed by atoms with E-state index in [1.165, 1.54) is 5.56 Å². The van der Waals surface area contributed by atoms with Gasteiger partial charge in [-0.05, 0) is 40.0 Å². The summed E-state index contributed by atoms with van der Waals surface area (Å²) in [5.41, 5.74) is 1.20. The van der Waals surface area contributed by atoms with Crippen molar-refractivity contribution in [2.75, 3.05) is 40.4 Å². The number of hydrogen-bond acceptors (Lipinski definition) is 4. The van der Waals surface area contributed by atoms with Crippen LogP contribution in [0.25, 0.3) is 0 Å². The van der Waals surface area contributed by atoms with Gasteiger partial charge in [0, 0.05) is 32.2 Å². The summed E-state index contributed by atoms with van der Waals surface area (Å²) in [6.45, 7) is 8.04. The van der Waals surface area contributed by atoms with Gasteiger partial charge in [-0.1, -0.05) is 6.08 Å². The summed E-state index contributed by atoms with van der Waals surface area (Å²) < 4.78 is 11.8. The molecule has 0 radical (unpaired) electrons. The molecule has 5 heteroatoms. The van der Waals surface area contributed by atoms with Crippen LogP contribution >= 0.6 is 15.9 Å². The molecule has 1 saturated heterocycles. The maximum atomic E-state index is 5.46. The lowest BCUT2D eigenvalue weighted by Crippen LogP contribution is -2.45. The molecule has 0 aliphatic carbocycles. The average molecular weight is 355 g/mol. The van der Waals surface area contributed by atoms with Gasteiger partial charge in [-0.2, -0.15) is 0 Å². The molecule has 0 saturated carbocycles. The number of methoxy groups -OCH3 is 2. The van der Waals surface area contributed by atoms with E-state index in [0.717, 1.165) is 48.6 Å². The van der Waals surface area contributed by atoms with E-state index < -0.39 is 0 Å². The molecular weight excluding hydrogens is 332 g/mol. The zero-order valence-corrected chi connectivity index (χ0v) is 14.3. The van der Waals surface area contributed by atoms with Gasteiger partial charge in [-0.3, -0.25) is 4.90 Å². The summed E-state index contributed by atoms with van der Waals surface area (Å²) in [5, 5.41) is 3.39. The van der Waals surface area contributed by atoms with Gasteiger partial charge in [-0.15, -0.1) is 6.58 Å². The van der Waals surface area contributed by atoms with E-state index >= 15 is 0 Å². The largest absolute Gasteiger partial charge is 0.495 e. The Morgan fingerprint density at radius 2 is 1.86 bits per heavy atom. The lowest BCUT2D eigenvalue weighted by Gasteiger charge is -2.35. The third kappa shape index (κ3) is 3.78. The zero-order valence-electron chi connectivity index (χ0n) is 12.7. The van der Waals surface area contributed by atoms with Gasteiger partial charge in [0.1, 0.15) is 16.0 Å². The Labute approximate surface area is 135 Å². The molecule has 2 rings (SSSR count). The summed E-state index contributed by atoms with van der Waals surface area (Å²) in [6, 6.07) is 4.48. The van der Waals surface area contributed by atoms with Crippen molar-refractivity contribution < 1.29 is 9.47 Å². The van der Waals surface area contributed by atoms with E-state index in [0.29, 0.717) is 6.04 Å². The number of benzene rings is 1. The molecule has 21 heavy (non-hydrogen) atoms. The molecule has 1 aromatic carbocycles. The number of halogens is 1. The highest BCUT2D eigenvalue weighted by Gasteiger charge is 2.23. The van der Waals surface area contributed by atoms with Crippen LogP contribution in [0.5, 0.6) is 11.5 Å². The first kappa shape index (κ1) is 16.3. The van der Waals surface area contributed by atoms with Gasteiger partial charge >= 0.3 is 0 Å². The Morgan fingerprint density at radius 1 is 1.29 bits per heavy atom.